The average Bonchev–Trinajstić information content (AvgIpc) is 3.17. The Balaban J connectivity index is 1.75. The number of allylic oxidation sites excluding steroid dienone is 1. The molecule has 11 atom stereocenters. The maximum atomic E-state index is 15.7. The minimum Gasteiger partial charge on any atom is -0.456 e. The van der Waals surface area contributed by atoms with Crippen LogP contribution >= 0.6 is 21.6 Å². The fourth-order valence-corrected chi connectivity index (χ4v) is 10.8. The number of ketones is 1. The van der Waals surface area contributed by atoms with Crippen molar-refractivity contribution in [3.8, 4) is 0 Å². The van der Waals surface area contributed by atoms with Gasteiger partial charge in [-0.15, -0.1) is 0 Å². The predicted molar refractivity (Wildman–Crippen MR) is 232 cm³/mol. The SMILES string of the molecule is CSSCCC(=O)O[C@H]1C(=O)[C@]2(C)[C@@H](O)CC3OC[C@]3(OC(C)=O)[C@H]2[C@@H](OC(=O)c2ccccc2)[C@]2(O)C[C@@H](OC(=O)[C@@H](O)[C@@H](C=C(C)C)NC(=O)OC(C)(C)C)C(C)=C1C2(C)C. The van der Waals surface area contributed by atoms with Crippen LogP contribution in [0.25, 0.3) is 0 Å². The minimum atomic E-state index is -2.40. The highest BCUT2D eigenvalue weighted by Gasteiger charge is 2.78. The van der Waals surface area contributed by atoms with Gasteiger partial charge in [0.05, 0.1) is 42.1 Å². The van der Waals surface area contributed by atoms with Crippen molar-refractivity contribution >= 4 is 57.3 Å². The van der Waals surface area contributed by atoms with Crippen molar-refractivity contribution in [2.45, 2.75) is 148 Å². The van der Waals surface area contributed by atoms with Gasteiger partial charge in [-0.1, -0.05) is 65.3 Å². The van der Waals surface area contributed by atoms with Gasteiger partial charge in [0.1, 0.15) is 29.5 Å². The van der Waals surface area contributed by atoms with Gasteiger partial charge in [0.15, 0.2) is 23.6 Å². The molecule has 4 aliphatic rings. The highest BCUT2D eigenvalue weighted by Crippen LogP contribution is 2.64. The van der Waals surface area contributed by atoms with Gasteiger partial charge in [0, 0.05) is 30.9 Å². The van der Waals surface area contributed by atoms with Crippen molar-refractivity contribution in [1.82, 2.24) is 5.32 Å². The number of carbonyl (C=O) groups excluding carboxylic acids is 6. The summed E-state index contributed by atoms with van der Waals surface area (Å²) in [7, 11) is 2.82. The molecule has 1 unspecified atom stereocenters. The second-order valence-electron chi connectivity index (χ2n) is 18.7. The fourth-order valence-electron chi connectivity index (χ4n) is 9.62. The zero-order valence-corrected chi connectivity index (χ0v) is 39.3. The third-order valence-electron chi connectivity index (χ3n) is 12.7. The zero-order chi connectivity index (χ0) is 47.0. The van der Waals surface area contributed by atoms with Crippen molar-refractivity contribution in [2.75, 3.05) is 18.6 Å². The molecule has 1 heterocycles. The average molecular weight is 920 g/mol. The molecule has 1 saturated heterocycles. The van der Waals surface area contributed by atoms with Crippen molar-refractivity contribution in [2.24, 2.45) is 16.7 Å². The van der Waals surface area contributed by atoms with Gasteiger partial charge < -0.3 is 49.1 Å². The van der Waals surface area contributed by atoms with Gasteiger partial charge in [-0.3, -0.25) is 14.4 Å². The van der Waals surface area contributed by atoms with Gasteiger partial charge in [0.2, 0.25) is 0 Å². The number of nitrogens with one attached hydrogen (secondary N) is 1. The molecule has 18 heteroatoms. The molecule has 0 spiro atoms. The summed E-state index contributed by atoms with van der Waals surface area (Å²) in [5, 5.41) is 39.9. The summed E-state index contributed by atoms with van der Waals surface area (Å²) in [5.41, 5.74) is -7.95. The first kappa shape index (κ1) is 50.1. The molecular formula is C45H61NO15S2. The molecule has 2 bridgehead atoms. The standard InChI is InChI=1S/C45H61NO15S2/c1-23(2)19-27(46-40(54)61-41(5,6)7)33(50)39(53)57-28-21-45(55)37(59-38(52)26-15-13-12-14-16-26)35-43(10,29(48)20-30-44(35,22-56-30)60-25(4)47)36(51)34(32(24(28)3)42(45,8)9)58-31(49)17-18-63-62-11/h12-16,19,27-30,33-35,37,48,50,55H,17-18,20-22H2,1-11H3,(H,46,54)/t27-,28-,29+,30?,33+,34-,35+,37-,43-,44-,45-/m1/s1. The number of amides is 1. The number of alkyl carbamates (subject to hydrolysis) is 1. The van der Waals surface area contributed by atoms with Crippen LogP contribution in [0.1, 0.15) is 98.9 Å². The second-order valence-corrected chi connectivity index (χ2v) is 21.3. The van der Waals surface area contributed by atoms with Crippen molar-refractivity contribution in [3.63, 3.8) is 0 Å². The van der Waals surface area contributed by atoms with Crippen LogP contribution in [-0.2, 0) is 47.6 Å². The molecule has 16 nitrogen and oxygen atoms in total. The van der Waals surface area contributed by atoms with E-state index in [4.69, 9.17) is 28.4 Å². The maximum Gasteiger partial charge on any atom is 0.408 e. The number of hydrogen-bond donors (Lipinski definition) is 4. The van der Waals surface area contributed by atoms with E-state index in [0.717, 1.165) is 6.92 Å². The van der Waals surface area contributed by atoms with Crippen LogP contribution in [0.4, 0.5) is 4.79 Å². The quantitative estimate of drug-likeness (QED) is 0.0684. The topological polar surface area (TPSA) is 231 Å². The number of rotatable bonds is 13. The molecule has 0 radical (unpaired) electrons. The molecular weight excluding hydrogens is 859 g/mol. The lowest BCUT2D eigenvalue weighted by atomic mass is 9.44. The molecule has 3 aliphatic carbocycles. The Labute approximate surface area is 375 Å². The number of Topliss-reactive ketones (excluding diaryl/α,β-unsaturated/α-hetero) is 1. The summed E-state index contributed by atoms with van der Waals surface area (Å²) in [6, 6.07) is 6.51. The van der Waals surface area contributed by atoms with Crippen molar-refractivity contribution in [3.05, 3.63) is 58.7 Å². The lowest BCUT2D eigenvalue weighted by Gasteiger charge is -2.67. The molecule has 0 aromatic heterocycles. The highest BCUT2D eigenvalue weighted by molar-refractivity contribution is 8.76. The second kappa shape index (κ2) is 18.9. The number of fused-ring (bicyclic) bond motifs is 5. The molecule has 348 valence electrons. The molecule has 3 fully saturated rings. The number of benzene rings is 1. The van der Waals surface area contributed by atoms with Crippen LogP contribution < -0.4 is 5.32 Å². The number of aliphatic hydroxyl groups is 3. The zero-order valence-electron chi connectivity index (χ0n) is 37.7. The maximum absolute atomic E-state index is 15.7. The molecule has 5 rings (SSSR count). The third kappa shape index (κ3) is 9.71. The van der Waals surface area contributed by atoms with Gasteiger partial charge in [-0.2, -0.15) is 0 Å². The van der Waals surface area contributed by atoms with Gasteiger partial charge in [0.25, 0.3) is 0 Å². The highest BCUT2D eigenvalue weighted by atomic mass is 33.1. The third-order valence-corrected chi connectivity index (χ3v) is 14.5. The Morgan fingerprint density at radius 3 is 2.24 bits per heavy atom. The van der Waals surface area contributed by atoms with E-state index in [1.165, 1.54) is 53.6 Å². The van der Waals surface area contributed by atoms with E-state index in [0.29, 0.717) is 11.3 Å². The monoisotopic (exact) mass is 919 g/mol. The van der Waals surface area contributed by atoms with E-state index in [9.17, 15) is 39.3 Å². The summed E-state index contributed by atoms with van der Waals surface area (Å²) < 4.78 is 36.0. The number of aliphatic hydroxyl groups excluding tert-OH is 2. The molecule has 4 N–H and O–H groups in total. The first-order chi connectivity index (χ1) is 29.2. The summed E-state index contributed by atoms with van der Waals surface area (Å²) in [4.78, 5) is 83.8. The van der Waals surface area contributed by atoms with Crippen LogP contribution in [-0.4, -0.2) is 129 Å². The number of hydrogen-bond acceptors (Lipinski definition) is 17. The van der Waals surface area contributed by atoms with Crippen molar-refractivity contribution in [1.29, 1.82) is 0 Å². The van der Waals surface area contributed by atoms with Crippen LogP contribution in [0.3, 0.4) is 0 Å². The summed E-state index contributed by atoms with van der Waals surface area (Å²) >= 11 is 0. The van der Waals surface area contributed by atoms with Crippen LogP contribution in [0.5, 0.6) is 0 Å². The van der Waals surface area contributed by atoms with E-state index < -0.39 is 118 Å². The lowest BCUT2D eigenvalue weighted by molar-refractivity contribution is -0.346. The first-order valence-electron chi connectivity index (χ1n) is 20.9. The van der Waals surface area contributed by atoms with Crippen LogP contribution in [0, 0.1) is 16.7 Å². The van der Waals surface area contributed by atoms with E-state index in [-0.39, 0.29) is 36.2 Å². The van der Waals surface area contributed by atoms with Crippen LogP contribution in [0.2, 0.25) is 0 Å². The van der Waals surface area contributed by atoms with Gasteiger partial charge >= 0.3 is 30.0 Å². The smallest absolute Gasteiger partial charge is 0.408 e. The van der Waals surface area contributed by atoms with E-state index in [1.807, 2.05) is 6.26 Å². The Kier molecular flexibility index (Phi) is 15.0. The molecule has 1 aliphatic heterocycles. The summed E-state index contributed by atoms with van der Waals surface area (Å²) in [6.45, 7) is 15.3. The number of esters is 4. The molecule has 2 saturated carbocycles. The largest absolute Gasteiger partial charge is 0.456 e. The van der Waals surface area contributed by atoms with E-state index >= 15 is 4.79 Å². The lowest BCUT2D eigenvalue weighted by Crippen LogP contribution is -2.82. The Morgan fingerprint density at radius 2 is 1.68 bits per heavy atom. The van der Waals surface area contributed by atoms with Crippen LogP contribution in [0.15, 0.2) is 53.1 Å². The molecule has 1 aromatic rings. The Bertz CT molecular complexity index is 2010. The summed E-state index contributed by atoms with van der Waals surface area (Å²) in [5.74, 6) is -5.81. The molecule has 1 amide bonds. The summed E-state index contributed by atoms with van der Waals surface area (Å²) in [6.07, 6.45) is -8.31. The Hall–Kier alpha value is -3.94. The normalized spacial score (nSPS) is 31.8. The fraction of sp³-hybridized carbons (Fsp3) is 0.644. The van der Waals surface area contributed by atoms with E-state index in [1.54, 1.807) is 66.7 Å². The molecule has 1 aromatic carbocycles. The first-order valence-corrected chi connectivity index (χ1v) is 23.6. The predicted octanol–water partition coefficient (Wildman–Crippen LogP) is 4.81. The number of carbonyl (C=O) groups is 6. The molecule has 63 heavy (non-hydrogen) atoms. The van der Waals surface area contributed by atoms with Crippen molar-refractivity contribution < 1.29 is 72.5 Å². The Morgan fingerprint density at radius 1 is 1.03 bits per heavy atom. The van der Waals surface area contributed by atoms with E-state index in [2.05, 4.69) is 5.32 Å². The number of ether oxygens (including phenoxy) is 6. The minimum absolute atomic E-state index is 0.00768. The van der Waals surface area contributed by atoms with Gasteiger partial charge in [-0.25, -0.2) is 14.4 Å². The van der Waals surface area contributed by atoms with Gasteiger partial charge in [-0.05, 0) is 78.0 Å².